The van der Waals surface area contributed by atoms with Crippen molar-refractivity contribution in [2.45, 2.75) is 0 Å². The molecule has 0 amide bonds. The van der Waals surface area contributed by atoms with Gasteiger partial charge in [0.15, 0.2) is 5.65 Å². The van der Waals surface area contributed by atoms with Crippen LogP contribution < -0.4 is 0 Å². The van der Waals surface area contributed by atoms with Crippen molar-refractivity contribution in [3.8, 4) is 33.5 Å². The van der Waals surface area contributed by atoms with Gasteiger partial charge in [-0.2, -0.15) is 0 Å². The van der Waals surface area contributed by atoms with Crippen LogP contribution in [0.4, 0.5) is 0 Å². The van der Waals surface area contributed by atoms with Crippen LogP contribution in [0.3, 0.4) is 0 Å². The summed E-state index contributed by atoms with van der Waals surface area (Å²) >= 11 is 0. The highest BCUT2D eigenvalue weighted by Crippen LogP contribution is 2.42. The number of benzene rings is 3. The van der Waals surface area contributed by atoms with Gasteiger partial charge >= 0.3 is 0 Å². The van der Waals surface area contributed by atoms with Crippen LogP contribution in [0, 0.1) is 0 Å². The Labute approximate surface area is 164 Å². The Bertz CT molecular complexity index is 1230. The maximum atomic E-state index is 5.00. The highest BCUT2D eigenvalue weighted by Gasteiger charge is 2.19. The van der Waals surface area contributed by atoms with Gasteiger partial charge in [0.1, 0.15) is 0 Å². The Kier molecular flexibility index (Phi) is 4.15. The van der Waals surface area contributed by atoms with Crippen LogP contribution in [0.15, 0.2) is 109 Å². The Morgan fingerprint density at radius 1 is 0.464 bits per heavy atom. The number of nitrogens with zero attached hydrogens (tertiary/aromatic N) is 2. The summed E-state index contributed by atoms with van der Waals surface area (Å²) in [6.45, 7) is 0. The second-order valence-corrected chi connectivity index (χ2v) is 6.68. The zero-order chi connectivity index (χ0) is 18.8. The third-order valence-electron chi connectivity index (χ3n) is 4.93. The van der Waals surface area contributed by atoms with Crippen molar-refractivity contribution in [3.63, 3.8) is 0 Å². The molecule has 0 aliphatic rings. The molecular weight excluding hydrogens is 340 g/mol. The molecule has 0 radical (unpaired) electrons. The van der Waals surface area contributed by atoms with Crippen molar-refractivity contribution < 1.29 is 0 Å². The molecule has 3 aromatic carbocycles. The van der Waals surface area contributed by atoms with E-state index in [-0.39, 0.29) is 0 Å². The van der Waals surface area contributed by atoms with E-state index in [9.17, 15) is 0 Å². The Hall–Kier alpha value is -3.78. The molecule has 2 heterocycles. The smallest absolute Gasteiger partial charge is 0.160 e. The summed E-state index contributed by atoms with van der Waals surface area (Å²) in [6.07, 6.45) is 1.81. The lowest BCUT2D eigenvalue weighted by molar-refractivity contribution is 1.29. The quantitative estimate of drug-likeness (QED) is 0.362. The molecule has 5 rings (SSSR count). The lowest BCUT2D eigenvalue weighted by Crippen LogP contribution is -1.97. The van der Waals surface area contributed by atoms with Crippen molar-refractivity contribution >= 4 is 11.0 Å². The van der Waals surface area contributed by atoms with Gasteiger partial charge < -0.3 is 0 Å². The number of rotatable bonds is 3. The molecule has 0 spiro atoms. The van der Waals surface area contributed by atoms with Gasteiger partial charge in [0.05, 0.1) is 5.69 Å². The van der Waals surface area contributed by atoms with Gasteiger partial charge in [0.25, 0.3) is 0 Å². The van der Waals surface area contributed by atoms with Gasteiger partial charge in [-0.05, 0) is 23.3 Å². The van der Waals surface area contributed by atoms with E-state index in [1.54, 1.807) is 6.20 Å². The molecular formula is C26H18N2. The first kappa shape index (κ1) is 16.4. The summed E-state index contributed by atoms with van der Waals surface area (Å²) in [5.74, 6) is 0. The second kappa shape index (κ2) is 7.09. The minimum absolute atomic E-state index is 0.764. The number of fused-ring (bicyclic) bond motifs is 1. The number of pyridine rings is 2. The predicted molar refractivity (Wildman–Crippen MR) is 116 cm³/mol. The van der Waals surface area contributed by atoms with Crippen LogP contribution in [0.5, 0.6) is 0 Å². The SMILES string of the molecule is c1ccc(-c2nc3ncccc3c(-c3ccccc3)c2-c2ccccc2)cc1. The first-order valence-electron chi connectivity index (χ1n) is 9.37. The normalized spacial score (nSPS) is 10.9. The molecule has 0 bridgehead atoms. The maximum Gasteiger partial charge on any atom is 0.160 e. The predicted octanol–water partition coefficient (Wildman–Crippen LogP) is 6.63. The van der Waals surface area contributed by atoms with Crippen molar-refractivity contribution in [1.82, 2.24) is 9.97 Å². The van der Waals surface area contributed by atoms with E-state index in [1.807, 2.05) is 24.3 Å². The average Bonchev–Trinajstić information content (AvgIpc) is 2.79. The lowest BCUT2D eigenvalue weighted by atomic mass is 9.89. The topological polar surface area (TPSA) is 25.8 Å². The minimum Gasteiger partial charge on any atom is -0.237 e. The lowest BCUT2D eigenvalue weighted by Gasteiger charge is -2.18. The monoisotopic (exact) mass is 358 g/mol. The molecule has 0 atom stereocenters. The summed E-state index contributed by atoms with van der Waals surface area (Å²) < 4.78 is 0. The molecule has 0 saturated carbocycles. The largest absolute Gasteiger partial charge is 0.237 e. The highest BCUT2D eigenvalue weighted by molar-refractivity contribution is 6.05. The van der Waals surface area contributed by atoms with Gasteiger partial charge in [-0.15, -0.1) is 0 Å². The van der Waals surface area contributed by atoms with Crippen molar-refractivity contribution in [1.29, 1.82) is 0 Å². The molecule has 0 N–H and O–H groups in total. The zero-order valence-corrected chi connectivity index (χ0v) is 15.3. The van der Waals surface area contributed by atoms with Gasteiger partial charge in [0, 0.05) is 28.3 Å². The van der Waals surface area contributed by atoms with E-state index < -0.39 is 0 Å². The van der Waals surface area contributed by atoms with Crippen LogP contribution in [0.25, 0.3) is 44.5 Å². The molecule has 0 aliphatic carbocycles. The molecule has 132 valence electrons. The molecule has 0 fully saturated rings. The van der Waals surface area contributed by atoms with E-state index in [0.29, 0.717) is 0 Å². The van der Waals surface area contributed by atoms with E-state index >= 15 is 0 Å². The van der Waals surface area contributed by atoms with Crippen LogP contribution in [0.1, 0.15) is 0 Å². The minimum atomic E-state index is 0.764. The fourth-order valence-electron chi connectivity index (χ4n) is 3.69. The van der Waals surface area contributed by atoms with Crippen molar-refractivity contribution in [2.75, 3.05) is 0 Å². The van der Waals surface area contributed by atoms with Crippen LogP contribution in [-0.4, -0.2) is 9.97 Å². The van der Waals surface area contributed by atoms with Crippen molar-refractivity contribution in [3.05, 3.63) is 109 Å². The highest BCUT2D eigenvalue weighted by atomic mass is 14.8. The number of hydrogen-bond acceptors (Lipinski definition) is 2. The molecule has 0 saturated heterocycles. The van der Waals surface area contributed by atoms with Gasteiger partial charge in [-0.25, -0.2) is 9.97 Å². The van der Waals surface area contributed by atoms with Crippen molar-refractivity contribution in [2.24, 2.45) is 0 Å². The third kappa shape index (κ3) is 2.85. The average molecular weight is 358 g/mol. The molecule has 28 heavy (non-hydrogen) atoms. The molecule has 2 nitrogen and oxygen atoms in total. The zero-order valence-electron chi connectivity index (χ0n) is 15.3. The van der Waals surface area contributed by atoms with E-state index in [0.717, 1.165) is 33.4 Å². The molecule has 0 unspecified atom stereocenters. The molecule has 5 aromatic rings. The standard InChI is InChI=1S/C26H18N2/c1-4-11-19(12-5-1)23-22-17-10-18-27-26(22)28-25(21-15-8-3-9-16-21)24(23)20-13-6-2-7-14-20/h1-18H. The van der Waals surface area contributed by atoms with E-state index in [2.05, 4.69) is 83.8 Å². The summed E-state index contributed by atoms with van der Waals surface area (Å²) in [4.78, 5) is 9.57. The Morgan fingerprint density at radius 3 is 1.61 bits per heavy atom. The molecule has 0 aliphatic heterocycles. The van der Waals surface area contributed by atoms with Gasteiger partial charge in [-0.3, -0.25) is 0 Å². The van der Waals surface area contributed by atoms with Crippen LogP contribution >= 0.6 is 0 Å². The van der Waals surface area contributed by atoms with Crippen LogP contribution in [-0.2, 0) is 0 Å². The summed E-state index contributed by atoms with van der Waals surface area (Å²) in [5, 5.41) is 1.06. The summed E-state index contributed by atoms with van der Waals surface area (Å²) in [5.41, 5.74) is 7.43. The second-order valence-electron chi connectivity index (χ2n) is 6.68. The van der Waals surface area contributed by atoms with E-state index in [1.165, 1.54) is 11.1 Å². The molecule has 2 aromatic heterocycles. The first-order chi connectivity index (χ1) is 13.9. The van der Waals surface area contributed by atoms with Gasteiger partial charge in [0.2, 0.25) is 0 Å². The summed E-state index contributed by atoms with van der Waals surface area (Å²) in [7, 11) is 0. The van der Waals surface area contributed by atoms with E-state index in [4.69, 9.17) is 4.98 Å². The third-order valence-corrected chi connectivity index (χ3v) is 4.93. The fourth-order valence-corrected chi connectivity index (χ4v) is 3.69. The molecule has 2 heteroatoms. The van der Waals surface area contributed by atoms with Crippen LogP contribution in [0.2, 0.25) is 0 Å². The maximum absolute atomic E-state index is 5.00. The summed E-state index contributed by atoms with van der Waals surface area (Å²) in [6, 6.07) is 35.5. The Morgan fingerprint density at radius 2 is 1.00 bits per heavy atom. The van der Waals surface area contributed by atoms with Gasteiger partial charge in [-0.1, -0.05) is 91.0 Å². The first-order valence-corrected chi connectivity index (χ1v) is 9.37. The Balaban J connectivity index is 1.97. The number of hydrogen-bond donors (Lipinski definition) is 0. The fraction of sp³-hybridized carbons (Fsp3) is 0. The number of aromatic nitrogens is 2.